The lowest BCUT2D eigenvalue weighted by molar-refractivity contribution is 0.337. The molecule has 28 heavy (non-hydrogen) atoms. The topological polar surface area (TPSA) is 49.9 Å². The predicted octanol–water partition coefficient (Wildman–Crippen LogP) is 3.94. The summed E-state index contributed by atoms with van der Waals surface area (Å²) in [7, 11) is -3.45. The van der Waals surface area contributed by atoms with Crippen molar-refractivity contribution in [1.29, 1.82) is 0 Å². The van der Waals surface area contributed by atoms with Crippen molar-refractivity contribution in [2.24, 2.45) is 0 Å². The summed E-state index contributed by atoms with van der Waals surface area (Å²) in [5.41, 5.74) is 2.22. The van der Waals surface area contributed by atoms with Gasteiger partial charge in [0, 0.05) is 26.2 Å². The largest absolute Gasteiger partial charge is 0.492 e. The maximum absolute atomic E-state index is 13.0. The zero-order valence-corrected chi connectivity index (χ0v) is 17.6. The first-order valence-corrected chi connectivity index (χ1v) is 11.6. The molecule has 0 aromatic heterocycles. The van der Waals surface area contributed by atoms with E-state index in [9.17, 15) is 8.42 Å². The van der Waals surface area contributed by atoms with Gasteiger partial charge in [-0.15, -0.1) is 0 Å². The number of hydrogen-bond acceptors (Lipinski definition) is 4. The molecule has 0 unspecified atom stereocenters. The summed E-state index contributed by atoms with van der Waals surface area (Å²) >= 11 is 0. The fourth-order valence-corrected chi connectivity index (χ4v) is 4.95. The van der Waals surface area contributed by atoms with Gasteiger partial charge in [-0.05, 0) is 49.6 Å². The first-order valence-electron chi connectivity index (χ1n) is 10.1. The number of unbranched alkanes of at least 4 members (excludes halogenated alkanes) is 1. The van der Waals surface area contributed by atoms with E-state index in [1.807, 2.05) is 43.3 Å². The van der Waals surface area contributed by atoms with Crippen LogP contribution in [-0.4, -0.2) is 45.5 Å². The Bertz CT molecular complexity index is 858. The number of anilines is 1. The number of aryl methyl sites for hydroxylation is 1. The summed E-state index contributed by atoms with van der Waals surface area (Å²) in [5, 5.41) is 0. The standard InChI is InChI=1S/C22H30N2O3S/c1-3-5-8-19-11-13-20(14-12-19)28(25,26)24-17-15-23(16-18-24)21-9-6-7-10-22(21)27-4-2/h6-7,9-14H,3-5,8,15-18H2,1-2H3. The van der Waals surface area contributed by atoms with Crippen LogP contribution in [0.2, 0.25) is 0 Å². The molecule has 0 aliphatic carbocycles. The third-order valence-electron chi connectivity index (χ3n) is 5.12. The lowest BCUT2D eigenvalue weighted by atomic mass is 10.1. The van der Waals surface area contributed by atoms with E-state index in [2.05, 4.69) is 11.8 Å². The average molecular weight is 403 g/mol. The smallest absolute Gasteiger partial charge is 0.243 e. The minimum atomic E-state index is -3.45. The van der Waals surface area contributed by atoms with Crippen molar-refractivity contribution in [3.63, 3.8) is 0 Å². The Morgan fingerprint density at radius 2 is 1.61 bits per heavy atom. The SMILES string of the molecule is CCCCc1ccc(S(=O)(=O)N2CCN(c3ccccc3OCC)CC2)cc1. The molecule has 0 atom stereocenters. The Kier molecular flexibility index (Phi) is 6.97. The third kappa shape index (κ3) is 4.67. The molecule has 2 aromatic carbocycles. The lowest BCUT2D eigenvalue weighted by Crippen LogP contribution is -2.48. The number of hydrogen-bond donors (Lipinski definition) is 0. The molecule has 0 spiro atoms. The van der Waals surface area contributed by atoms with Crippen LogP contribution in [0.3, 0.4) is 0 Å². The molecule has 0 amide bonds. The van der Waals surface area contributed by atoms with Gasteiger partial charge in [-0.25, -0.2) is 8.42 Å². The van der Waals surface area contributed by atoms with E-state index in [1.165, 1.54) is 5.56 Å². The van der Waals surface area contributed by atoms with Gasteiger partial charge in [-0.2, -0.15) is 4.31 Å². The van der Waals surface area contributed by atoms with Gasteiger partial charge >= 0.3 is 0 Å². The van der Waals surface area contributed by atoms with E-state index in [0.29, 0.717) is 37.7 Å². The minimum Gasteiger partial charge on any atom is -0.492 e. The van der Waals surface area contributed by atoms with Crippen molar-refractivity contribution in [2.75, 3.05) is 37.7 Å². The molecule has 1 heterocycles. The Morgan fingerprint density at radius 3 is 2.25 bits per heavy atom. The third-order valence-corrected chi connectivity index (χ3v) is 7.04. The monoisotopic (exact) mass is 402 g/mol. The number of para-hydroxylation sites is 2. The molecule has 1 aliphatic heterocycles. The predicted molar refractivity (Wildman–Crippen MR) is 114 cm³/mol. The van der Waals surface area contributed by atoms with Crippen molar-refractivity contribution in [3.8, 4) is 5.75 Å². The second-order valence-corrected chi connectivity index (χ2v) is 8.98. The van der Waals surface area contributed by atoms with Crippen LogP contribution >= 0.6 is 0 Å². The first-order chi connectivity index (χ1) is 13.6. The number of sulfonamides is 1. The van der Waals surface area contributed by atoms with Gasteiger partial charge in [0.25, 0.3) is 0 Å². The molecule has 0 saturated carbocycles. The van der Waals surface area contributed by atoms with Gasteiger partial charge in [0.05, 0.1) is 17.2 Å². The highest BCUT2D eigenvalue weighted by Crippen LogP contribution is 2.29. The fourth-order valence-electron chi connectivity index (χ4n) is 3.52. The van der Waals surface area contributed by atoms with Crippen LogP contribution in [0.4, 0.5) is 5.69 Å². The molecular weight excluding hydrogens is 372 g/mol. The van der Waals surface area contributed by atoms with E-state index in [4.69, 9.17) is 4.74 Å². The average Bonchev–Trinajstić information content (AvgIpc) is 2.73. The number of rotatable bonds is 8. The minimum absolute atomic E-state index is 0.385. The van der Waals surface area contributed by atoms with Crippen LogP contribution in [0.1, 0.15) is 32.3 Å². The zero-order chi connectivity index (χ0) is 20.0. The van der Waals surface area contributed by atoms with Gasteiger partial charge in [-0.3, -0.25) is 0 Å². The molecule has 1 aliphatic rings. The molecule has 1 fully saturated rings. The lowest BCUT2D eigenvalue weighted by Gasteiger charge is -2.36. The highest BCUT2D eigenvalue weighted by atomic mass is 32.2. The van der Waals surface area contributed by atoms with Gasteiger partial charge in [-0.1, -0.05) is 37.6 Å². The zero-order valence-electron chi connectivity index (χ0n) is 16.8. The van der Waals surface area contributed by atoms with E-state index < -0.39 is 10.0 Å². The van der Waals surface area contributed by atoms with E-state index in [-0.39, 0.29) is 0 Å². The summed E-state index contributed by atoms with van der Waals surface area (Å²) in [4.78, 5) is 2.58. The summed E-state index contributed by atoms with van der Waals surface area (Å²) in [6.45, 7) is 6.98. The van der Waals surface area contributed by atoms with E-state index >= 15 is 0 Å². The fraction of sp³-hybridized carbons (Fsp3) is 0.455. The van der Waals surface area contributed by atoms with Crippen LogP contribution in [-0.2, 0) is 16.4 Å². The van der Waals surface area contributed by atoms with Crippen LogP contribution in [0.15, 0.2) is 53.4 Å². The number of nitrogens with zero attached hydrogens (tertiary/aromatic N) is 2. The van der Waals surface area contributed by atoms with Crippen molar-refractivity contribution in [3.05, 3.63) is 54.1 Å². The molecule has 6 heteroatoms. The molecule has 2 aromatic rings. The summed E-state index contributed by atoms with van der Waals surface area (Å²) in [6.07, 6.45) is 3.25. The molecule has 5 nitrogen and oxygen atoms in total. The number of piperazine rings is 1. The van der Waals surface area contributed by atoms with Crippen LogP contribution in [0, 0.1) is 0 Å². The second-order valence-electron chi connectivity index (χ2n) is 7.04. The van der Waals surface area contributed by atoms with E-state index in [0.717, 1.165) is 30.7 Å². The van der Waals surface area contributed by atoms with Crippen molar-refractivity contribution < 1.29 is 13.2 Å². The molecule has 0 radical (unpaired) electrons. The molecular formula is C22H30N2O3S. The summed E-state index contributed by atoms with van der Waals surface area (Å²) < 4.78 is 33.3. The first kappa shape index (κ1) is 20.7. The Hall–Kier alpha value is -2.05. The molecule has 1 saturated heterocycles. The molecule has 152 valence electrons. The normalized spacial score (nSPS) is 15.6. The maximum Gasteiger partial charge on any atom is 0.243 e. The Balaban J connectivity index is 1.67. The number of ether oxygens (including phenoxy) is 1. The van der Waals surface area contributed by atoms with Crippen molar-refractivity contribution >= 4 is 15.7 Å². The van der Waals surface area contributed by atoms with Crippen LogP contribution in [0.25, 0.3) is 0 Å². The van der Waals surface area contributed by atoms with Crippen LogP contribution < -0.4 is 9.64 Å². The summed E-state index contributed by atoms with van der Waals surface area (Å²) in [6, 6.07) is 15.3. The maximum atomic E-state index is 13.0. The van der Waals surface area contributed by atoms with Gasteiger partial charge in [0.15, 0.2) is 0 Å². The van der Waals surface area contributed by atoms with Gasteiger partial charge < -0.3 is 9.64 Å². The Morgan fingerprint density at radius 1 is 0.929 bits per heavy atom. The molecule has 0 N–H and O–H groups in total. The quantitative estimate of drug-likeness (QED) is 0.671. The summed E-state index contributed by atoms with van der Waals surface area (Å²) in [5.74, 6) is 0.851. The van der Waals surface area contributed by atoms with Crippen molar-refractivity contribution in [1.82, 2.24) is 4.31 Å². The van der Waals surface area contributed by atoms with E-state index in [1.54, 1.807) is 16.4 Å². The number of benzene rings is 2. The molecule has 0 bridgehead atoms. The van der Waals surface area contributed by atoms with Gasteiger partial charge in [0.2, 0.25) is 10.0 Å². The highest BCUT2D eigenvalue weighted by Gasteiger charge is 2.29. The van der Waals surface area contributed by atoms with Gasteiger partial charge in [0.1, 0.15) is 5.75 Å². The second kappa shape index (κ2) is 9.43. The Labute approximate surface area is 169 Å². The highest BCUT2D eigenvalue weighted by molar-refractivity contribution is 7.89. The molecule has 3 rings (SSSR count). The van der Waals surface area contributed by atoms with Crippen LogP contribution in [0.5, 0.6) is 5.75 Å². The van der Waals surface area contributed by atoms with Crippen molar-refractivity contribution in [2.45, 2.75) is 38.0 Å².